The highest BCUT2D eigenvalue weighted by Gasteiger charge is 1.73. The molecular weight excluding hydrogens is 90.1 g/mol. The molecule has 0 aromatic heterocycles. The normalized spacial score (nSPS) is 7.14. The standard InChI is InChI=1S/C6H9F/c1-2-3-4-5-6-7/h2-4H2,1H3/i7-1. The molecule has 0 unspecified atom stereocenters. The molecule has 0 spiro atoms. The molecule has 0 aliphatic heterocycles. The van der Waals surface area contributed by atoms with Gasteiger partial charge in [0, 0.05) is 6.42 Å². The molecule has 7 heavy (non-hydrogen) atoms. The molecule has 0 aliphatic carbocycles. The first-order chi connectivity index (χ1) is 3.41. The van der Waals surface area contributed by atoms with Gasteiger partial charge in [0.25, 0.3) is 0 Å². The summed E-state index contributed by atoms with van der Waals surface area (Å²) in [6.07, 6.45) is 4.16. The Labute approximate surface area is 43.7 Å². The highest BCUT2D eigenvalue weighted by molar-refractivity contribution is 4.89. The molecule has 0 bridgehead atoms. The van der Waals surface area contributed by atoms with Crippen LogP contribution in [0, 0.1) is 12.1 Å². The van der Waals surface area contributed by atoms with E-state index in [1.807, 2.05) is 0 Å². The second kappa shape index (κ2) is 5.49. The second-order valence-corrected chi connectivity index (χ2v) is 1.37. The minimum absolute atomic E-state index is 0.701. The van der Waals surface area contributed by atoms with E-state index < -0.39 is 0 Å². The van der Waals surface area contributed by atoms with Crippen LogP contribution in [0.5, 0.6) is 0 Å². The molecule has 0 radical (unpaired) electrons. The van der Waals surface area contributed by atoms with Gasteiger partial charge in [0.05, 0.1) is 0 Å². The third-order valence-corrected chi connectivity index (χ3v) is 0.722. The van der Waals surface area contributed by atoms with Gasteiger partial charge in [0.15, 0.2) is 0 Å². The van der Waals surface area contributed by atoms with Crippen LogP contribution < -0.4 is 0 Å². The fraction of sp³-hybridized carbons (Fsp3) is 0.667. The van der Waals surface area contributed by atoms with E-state index in [4.69, 9.17) is 0 Å². The van der Waals surface area contributed by atoms with E-state index in [2.05, 4.69) is 12.8 Å². The first kappa shape index (κ1) is 6.49. The molecule has 0 atom stereocenters. The first-order valence-electron chi connectivity index (χ1n) is 2.50. The molecule has 1 heteroatoms. The van der Waals surface area contributed by atoms with Crippen LogP contribution in [0.25, 0.3) is 0 Å². The van der Waals surface area contributed by atoms with Crippen molar-refractivity contribution in [3.63, 3.8) is 0 Å². The Hall–Kier alpha value is -0.510. The first-order valence-corrected chi connectivity index (χ1v) is 2.50. The third-order valence-electron chi connectivity index (χ3n) is 0.722. The average molecular weight is 99.1 g/mol. The van der Waals surface area contributed by atoms with Crippen molar-refractivity contribution in [2.45, 2.75) is 26.2 Å². The van der Waals surface area contributed by atoms with Crippen molar-refractivity contribution in [2.75, 3.05) is 0 Å². The highest BCUT2D eigenvalue weighted by atomic mass is 18.2. The SMILES string of the molecule is CCCCC#C[18F]. The van der Waals surface area contributed by atoms with Gasteiger partial charge in [-0.05, 0) is 6.42 Å². The van der Waals surface area contributed by atoms with Crippen molar-refractivity contribution in [2.24, 2.45) is 0 Å². The van der Waals surface area contributed by atoms with Gasteiger partial charge >= 0.3 is 0 Å². The molecule has 0 nitrogen and oxygen atoms in total. The van der Waals surface area contributed by atoms with Crippen LogP contribution in [0.2, 0.25) is 0 Å². The predicted molar refractivity (Wildman–Crippen MR) is 28.4 cm³/mol. The zero-order valence-corrected chi connectivity index (χ0v) is 4.50. The summed E-state index contributed by atoms with van der Waals surface area (Å²) in [7, 11) is 0. The van der Waals surface area contributed by atoms with Crippen molar-refractivity contribution in [3.8, 4) is 12.1 Å². The summed E-state index contributed by atoms with van der Waals surface area (Å²) in [4.78, 5) is 0. The summed E-state index contributed by atoms with van der Waals surface area (Å²) >= 11 is 0. The van der Waals surface area contributed by atoms with Crippen molar-refractivity contribution >= 4 is 0 Å². The van der Waals surface area contributed by atoms with Crippen LogP contribution in [-0.4, -0.2) is 0 Å². The van der Waals surface area contributed by atoms with Crippen LogP contribution in [-0.2, 0) is 0 Å². The number of unbranched alkanes of at least 4 members (excludes halogenated alkanes) is 2. The molecule has 0 aliphatic rings. The fourth-order valence-electron chi connectivity index (χ4n) is 0.312. The topological polar surface area (TPSA) is 0 Å². The zero-order valence-electron chi connectivity index (χ0n) is 4.50. The maximum atomic E-state index is 11.0. The summed E-state index contributed by atoms with van der Waals surface area (Å²) < 4.78 is 11.0. The zero-order chi connectivity index (χ0) is 5.54. The Bertz CT molecular complexity index is 75.9. The van der Waals surface area contributed by atoms with E-state index in [1.165, 1.54) is 6.17 Å². The summed E-state index contributed by atoms with van der Waals surface area (Å²) in [5, 5.41) is 0. The molecule has 0 aromatic carbocycles. The van der Waals surface area contributed by atoms with E-state index in [0.29, 0.717) is 6.42 Å². The van der Waals surface area contributed by atoms with Gasteiger partial charge < -0.3 is 0 Å². The van der Waals surface area contributed by atoms with E-state index in [-0.39, 0.29) is 0 Å². The van der Waals surface area contributed by atoms with E-state index >= 15 is 0 Å². The molecule has 0 aromatic rings. The lowest BCUT2D eigenvalue weighted by molar-refractivity contribution is 0.763. The van der Waals surface area contributed by atoms with Gasteiger partial charge in [-0.25, -0.2) is 0 Å². The summed E-state index contributed by atoms with van der Waals surface area (Å²) in [5.74, 6) is 2.33. The molecule has 0 rings (SSSR count). The largest absolute Gasteiger partial charge is 0.144 e. The summed E-state index contributed by atoms with van der Waals surface area (Å²) in [6.45, 7) is 2.06. The Morgan fingerprint density at radius 1 is 1.57 bits per heavy atom. The Kier molecular flexibility index (Phi) is 5.09. The smallest absolute Gasteiger partial charge is 0.105 e. The number of hydrogen-bond acceptors (Lipinski definition) is 0. The lowest BCUT2D eigenvalue weighted by Gasteiger charge is -1.79. The van der Waals surface area contributed by atoms with Gasteiger partial charge in [-0.2, -0.15) is 0 Å². The number of halogens is 1. The Morgan fingerprint density at radius 3 is 2.71 bits per heavy atom. The van der Waals surface area contributed by atoms with E-state index in [9.17, 15) is 4.39 Å². The monoisotopic (exact) mass is 99.1 g/mol. The number of rotatable bonds is 2. The fourth-order valence-corrected chi connectivity index (χ4v) is 0.312. The minimum Gasteiger partial charge on any atom is -0.144 e. The van der Waals surface area contributed by atoms with Crippen LogP contribution in [0.4, 0.5) is 4.39 Å². The second-order valence-electron chi connectivity index (χ2n) is 1.37. The van der Waals surface area contributed by atoms with Gasteiger partial charge in [-0.1, -0.05) is 19.3 Å². The van der Waals surface area contributed by atoms with Crippen LogP contribution in [0.3, 0.4) is 0 Å². The lowest BCUT2D eigenvalue weighted by Crippen LogP contribution is -1.64. The quantitative estimate of drug-likeness (QED) is 0.367. The molecule has 0 heterocycles. The molecule has 0 fully saturated rings. The molecule has 0 N–H and O–H groups in total. The third kappa shape index (κ3) is 5.49. The van der Waals surface area contributed by atoms with Gasteiger partial charge in [-0.3, -0.25) is 0 Å². The molecule has 0 amide bonds. The lowest BCUT2D eigenvalue weighted by atomic mass is 10.3. The van der Waals surface area contributed by atoms with Gasteiger partial charge in [0.1, 0.15) is 6.17 Å². The van der Waals surface area contributed by atoms with E-state index in [1.54, 1.807) is 0 Å². The summed E-state index contributed by atoms with van der Waals surface area (Å²) in [5.41, 5.74) is 0. The highest BCUT2D eigenvalue weighted by Crippen LogP contribution is 1.89. The molecule has 40 valence electrons. The number of hydrogen-bond donors (Lipinski definition) is 0. The molecule has 0 saturated carbocycles. The minimum atomic E-state index is 0.701. The van der Waals surface area contributed by atoms with Crippen molar-refractivity contribution < 1.29 is 4.39 Å². The van der Waals surface area contributed by atoms with Gasteiger partial charge in [-0.15, -0.1) is 4.39 Å². The molecule has 0 saturated heterocycles. The maximum absolute atomic E-state index is 11.0. The predicted octanol–water partition coefficient (Wildman–Crippen LogP) is 2.11. The van der Waals surface area contributed by atoms with Crippen LogP contribution in [0.15, 0.2) is 0 Å². The van der Waals surface area contributed by atoms with Crippen molar-refractivity contribution in [3.05, 3.63) is 0 Å². The van der Waals surface area contributed by atoms with Crippen LogP contribution >= 0.6 is 0 Å². The van der Waals surface area contributed by atoms with Gasteiger partial charge in [0.2, 0.25) is 0 Å². The van der Waals surface area contributed by atoms with Crippen molar-refractivity contribution in [1.29, 1.82) is 0 Å². The maximum Gasteiger partial charge on any atom is 0.105 e. The van der Waals surface area contributed by atoms with Crippen LogP contribution in [0.1, 0.15) is 26.2 Å². The Morgan fingerprint density at radius 2 is 2.29 bits per heavy atom. The summed E-state index contributed by atoms with van der Waals surface area (Å²) in [6, 6.07) is 0. The van der Waals surface area contributed by atoms with Crippen molar-refractivity contribution in [1.82, 2.24) is 0 Å². The Balaban J connectivity index is 2.78. The average Bonchev–Trinajstić information content (AvgIpc) is 1.69. The molecular formula is C6H9F. The van der Waals surface area contributed by atoms with E-state index in [0.717, 1.165) is 12.8 Å².